The van der Waals surface area contributed by atoms with Gasteiger partial charge in [-0.05, 0) is 24.3 Å². The van der Waals surface area contributed by atoms with Gasteiger partial charge in [0.2, 0.25) is 0 Å². The fourth-order valence-corrected chi connectivity index (χ4v) is 2.17. The smallest absolute Gasteiger partial charge is 0.189 e. The number of anilines is 1. The molecule has 1 heterocycles. The van der Waals surface area contributed by atoms with Gasteiger partial charge in [-0.15, -0.1) is 0 Å². The average Bonchev–Trinajstić information content (AvgIpc) is 2.41. The number of hydrogen-bond acceptors (Lipinski definition) is 4. The van der Waals surface area contributed by atoms with Crippen molar-refractivity contribution >= 4 is 28.6 Å². The fourth-order valence-electron chi connectivity index (χ4n) is 2.17. The number of benzene rings is 1. The van der Waals surface area contributed by atoms with E-state index in [1.165, 1.54) is 0 Å². The number of fused-ring (bicyclic) bond motifs is 2. The van der Waals surface area contributed by atoms with Gasteiger partial charge in [0.05, 0.1) is 16.7 Å². The summed E-state index contributed by atoms with van der Waals surface area (Å²) >= 11 is 0. The van der Waals surface area contributed by atoms with Crippen molar-refractivity contribution in [1.29, 1.82) is 0 Å². The number of Topliss-reactive ketones (excluding diaryl/α,β-unsaturated/α-hetero) is 1. The molecule has 19 heavy (non-hydrogen) atoms. The first-order valence-electron chi connectivity index (χ1n) is 6.28. The van der Waals surface area contributed by atoms with Gasteiger partial charge >= 0.3 is 0 Å². The molecule has 4 heteroatoms. The van der Waals surface area contributed by atoms with Crippen molar-refractivity contribution in [2.24, 2.45) is 5.92 Å². The number of rotatable bonds is 1. The van der Waals surface area contributed by atoms with Crippen molar-refractivity contribution in [3.63, 3.8) is 0 Å². The Morgan fingerprint density at radius 1 is 1.16 bits per heavy atom. The van der Waals surface area contributed by atoms with E-state index in [2.05, 4.69) is 9.97 Å². The molecule has 0 saturated carbocycles. The lowest BCUT2D eigenvalue weighted by molar-refractivity contribution is 0.0946. The second kappa shape index (κ2) is 4.16. The maximum Gasteiger partial charge on any atom is 0.189 e. The Kier molecular flexibility index (Phi) is 2.59. The highest BCUT2D eigenvalue weighted by molar-refractivity contribution is 6.03. The Morgan fingerprint density at radius 2 is 1.95 bits per heavy atom. The summed E-state index contributed by atoms with van der Waals surface area (Å²) in [5.74, 6) is -0.0658. The minimum Gasteiger partial charge on any atom is -0.378 e. The second-order valence-corrected chi connectivity index (χ2v) is 5.04. The maximum absolute atomic E-state index is 12.1. The maximum atomic E-state index is 12.1. The first kappa shape index (κ1) is 11.8. The highest BCUT2D eigenvalue weighted by Crippen LogP contribution is 2.24. The third kappa shape index (κ3) is 1.89. The van der Waals surface area contributed by atoms with Crippen LogP contribution in [0.2, 0.25) is 0 Å². The number of allylic oxidation sites excluding steroid dienone is 1. The number of carbonyl (C=O) groups excluding carboxylic acids is 1. The molecule has 1 atom stereocenters. The molecule has 3 rings (SSSR count). The monoisotopic (exact) mass is 253 g/mol. The Labute approximate surface area is 111 Å². The topological polar surface area (TPSA) is 46.1 Å². The van der Waals surface area contributed by atoms with Crippen LogP contribution in [0.4, 0.5) is 5.69 Å². The van der Waals surface area contributed by atoms with Gasteiger partial charge < -0.3 is 4.90 Å². The molecule has 1 aliphatic rings. The van der Waals surface area contributed by atoms with E-state index in [9.17, 15) is 4.79 Å². The number of aromatic nitrogens is 2. The zero-order valence-corrected chi connectivity index (χ0v) is 11.2. The first-order valence-corrected chi connectivity index (χ1v) is 6.28. The number of ketones is 1. The average molecular weight is 253 g/mol. The van der Waals surface area contributed by atoms with Crippen LogP contribution in [0.15, 0.2) is 24.3 Å². The molecule has 1 aromatic heterocycles. The Morgan fingerprint density at radius 3 is 2.68 bits per heavy atom. The van der Waals surface area contributed by atoms with Crippen molar-refractivity contribution in [3.8, 4) is 0 Å². The van der Waals surface area contributed by atoms with E-state index in [-0.39, 0.29) is 11.7 Å². The van der Waals surface area contributed by atoms with Gasteiger partial charge in [0.1, 0.15) is 5.69 Å². The van der Waals surface area contributed by atoms with Crippen LogP contribution in [0.1, 0.15) is 23.1 Å². The molecule has 0 spiro atoms. The van der Waals surface area contributed by atoms with Gasteiger partial charge in [-0.1, -0.05) is 13.0 Å². The van der Waals surface area contributed by atoms with Crippen molar-refractivity contribution in [3.05, 3.63) is 35.7 Å². The van der Waals surface area contributed by atoms with Crippen LogP contribution >= 0.6 is 0 Å². The van der Waals surface area contributed by atoms with Crippen LogP contribution < -0.4 is 4.90 Å². The molecule has 0 bridgehead atoms. The number of nitrogens with zero attached hydrogens (tertiary/aromatic N) is 3. The van der Waals surface area contributed by atoms with Crippen LogP contribution in [-0.2, 0) is 0 Å². The van der Waals surface area contributed by atoms with E-state index in [1.54, 1.807) is 0 Å². The fraction of sp³-hybridized carbons (Fsp3) is 0.267. The van der Waals surface area contributed by atoms with E-state index in [0.29, 0.717) is 11.4 Å². The normalized spacial score (nSPS) is 17.6. The van der Waals surface area contributed by atoms with E-state index >= 15 is 0 Å². The summed E-state index contributed by atoms with van der Waals surface area (Å²) in [6.07, 6.45) is 3.76. The SMILES string of the molecule is CC1C=Cc2nc3cc(N(C)C)ccc3nc2C1=O. The second-order valence-electron chi connectivity index (χ2n) is 5.04. The van der Waals surface area contributed by atoms with E-state index < -0.39 is 0 Å². The van der Waals surface area contributed by atoms with Crippen LogP contribution in [0.3, 0.4) is 0 Å². The van der Waals surface area contributed by atoms with Crippen LogP contribution in [0.25, 0.3) is 17.1 Å². The summed E-state index contributed by atoms with van der Waals surface area (Å²) in [6, 6.07) is 5.88. The van der Waals surface area contributed by atoms with Gasteiger partial charge in [-0.25, -0.2) is 9.97 Å². The molecule has 0 aliphatic heterocycles. The zero-order valence-electron chi connectivity index (χ0n) is 11.2. The van der Waals surface area contributed by atoms with Crippen LogP contribution in [0.5, 0.6) is 0 Å². The quantitative estimate of drug-likeness (QED) is 0.783. The predicted octanol–water partition coefficient (Wildman–Crippen LogP) is 2.54. The third-order valence-corrected chi connectivity index (χ3v) is 3.38. The minimum absolute atomic E-state index is 0.0450. The summed E-state index contributed by atoms with van der Waals surface area (Å²) in [4.78, 5) is 23.1. The predicted molar refractivity (Wildman–Crippen MR) is 76.4 cm³/mol. The molecule has 1 unspecified atom stereocenters. The molecule has 0 radical (unpaired) electrons. The van der Waals surface area contributed by atoms with Gasteiger partial charge in [-0.2, -0.15) is 0 Å². The molecule has 1 aliphatic carbocycles. The molecule has 0 saturated heterocycles. The lowest BCUT2D eigenvalue weighted by atomic mass is 9.96. The summed E-state index contributed by atoms with van der Waals surface area (Å²) in [5.41, 5.74) is 3.81. The van der Waals surface area contributed by atoms with Gasteiger partial charge in [-0.3, -0.25) is 4.79 Å². The Hall–Kier alpha value is -2.23. The molecule has 96 valence electrons. The standard InChI is InChI=1S/C15H15N3O/c1-9-4-6-12-14(15(9)19)17-11-7-5-10(18(2)3)8-13(11)16-12/h4-9H,1-3H3. The molecular formula is C15H15N3O. The van der Waals surface area contributed by atoms with Crippen molar-refractivity contribution in [2.75, 3.05) is 19.0 Å². The summed E-state index contributed by atoms with van der Waals surface area (Å²) in [7, 11) is 3.97. The van der Waals surface area contributed by atoms with Crippen molar-refractivity contribution < 1.29 is 4.79 Å². The summed E-state index contributed by atoms with van der Waals surface area (Å²) in [6.45, 7) is 1.88. The van der Waals surface area contributed by atoms with E-state index in [1.807, 2.05) is 56.3 Å². The lowest BCUT2D eigenvalue weighted by Gasteiger charge is -2.15. The number of carbonyl (C=O) groups is 1. The molecular weight excluding hydrogens is 238 g/mol. The molecule has 0 fully saturated rings. The van der Waals surface area contributed by atoms with Gasteiger partial charge in [0, 0.05) is 25.7 Å². The Bertz CT molecular complexity index is 704. The summed E-state index contributed by atoms with van der Waals surface area (Å²) in [5, 5.41) is 0. The van der Waals surface area contributed by atoms with Crippen LogP contribution in [-0.4, -0.2) is 29.8 Å². The molecule has 4 nitrogen and oxygen atoms in total. The minimum atomic E-state index is -0.111. The highest BCUT2D eigenvalue weighted by Gasteiger charge is 2.23. The zero-order chi connectivity index (χ0) is 13.6. The van der Waals surface area contributed by atoms with E-state index in [0.717, 1.165) is 16.7 Å². The molecule has 0 amide bonds. The third-order valence-electron chi connectivity index (χ3n) is 3.38. The van der Waals surface area contributed by atoms with Gasteiger partial charge in [0.25, 0.3) is 0 Å². The van der Waals surface area contributed by atoms with Gasteiger partial charge in [0.15, 0.2) is 5.78 Å². The molecule has 1 aromatic carbocycles. The van der Waals surface area contributed by atoms with Crippen molar-refractivity contribution in [2.45, 2.75) is 6.92 Å². The largest absolute Gasteiger partial charge is 0.378 e. The van der Waals surface area contributed by atoms with E-state index in [4.69, 9.17) is 0 Å². The highest BCUT2D eigenvalue weighted by atomic mass is 16.1. The first-order chi connectivity index (χ1) is 9.06. The number of hydrogen-bond donors (Lipinski definition) is 0. The Balaban J connectivity index is 2.22. The lowest BCUT2D eigenvalue weighted by Crippen LogP contribution is -2.17. The molecule has 0 N–H and O–H groups in total. The van der Waals surface area contributed by atoms with Crippen molar-refractivity contribution in [1.82, 2.24) is 9.97 Å². The summed E-state index contributed by atoms with van der Waals surface area (Å²) < 4.78 is 0. The van der Waals surface area contributed by atoms with Crippen LogP contribution in [0, 0.1) is 5.92 Å². The molecule has 2 aromatic rings.